The highest BCUT2D eigenvalue weighted by atomic mass is 16.6. The maximum atomic E-state index is 11.9. The molecule has 0 saturated carbocycles. The van der Waals surface area contributed by atoms with E-state index >= 15 is 0 Å². The van der Waals surface area contributed by atoms with Gasteiger partial charge in [-0.2, -0.15) is 0 Å². The van der Waals surface area contributed by atoms with Crippen molar-refractivity contribution in [2.45, 2.75) is 101 Å². The van der Waals surface area contributed by atoms with Gasteiger partial charge in [-0.25, -0.2) is 0 Å². The first kappa shape index (κ1) is 50.6. The van der Waals surface area contributed by atoms with Crippen molar-refractivity contribution in [1.82, 2.24) is 26.3 Å². The van der Waals surface area contributed by atoms with Gasteiger partial charge in [-0.1, -0.05) is 62.4 Å². The number of benzene rings is 5. The number of phenolic OH excluding ortho intramolecular Hbond substituents is 2. The van der Waals surface area contributed by atoms with Crippen LogP contribution in [0.4, 0.5) is 0 Å². The van der Waals surface area contributed by atoms with E-state index in [0.29, 0.717) is 75.8 Å². The number of H-pyrrole nitrogens is 1. The third-order valence-corrected chi connectivity index (χ3v) is 15.5. The van der Waals surface area contributed by atoms with Crippen LogP contribution in [0.25, 0.3) is 28.1 Å². The Morgan fingerprint density at radius 2 is 1.73 bits per heavy atom. The largest absolute Gasteiger partial charge is 0.507 e. The van der Waals surface area contributed by atoms with Gasteiger partial charge in [0.1, 0.15) is 29.0 Å². The van der Waals surface area contributed by atoms with Crippen LogP contribution in [0, 0.1) is 5.92 Å². The highest BCUT2D eigenvalue weighted by molar-refractivity contribution is 5.90. The number of rotatable bonds is 21. The second-order valence-corrected chi connectivity index (χ2v) is 21.4. The fraction of sp³-hybridized carbons (Fsp3) is 0.433. The predicted octanol–water partition coefficient (Wildman–Crippen LogP) is 8.53. The van der Waals surface area contributed by atoms with E-state index in [1.807, 2.05) is 38.4 Å². The van der Waals surface area contributed by atoms with Crippen LogP contribution in [0.3, 0.4) is 0 Å². The maximum Gasteiger partial charge on any atom is 0.160 e. The molecule has 6 aromatic rings. The molecule has 9 N–H and O–H groups in total. The number of nitrogens with one attached hydrogen (secondary N) is 5. The number of ether oxygens (including phenoxy) is 4. The topological polar surface area (TPSA) is 182 Å². The van der Waals surface area contributed by atoms with Crippen molar-refractivity contribution >= 4 is 17.0 Å². The molecule has 0 amide bonds. The summed E-state index contributed by atoms with van der Waals surface area (Å²) >= 11 is 0. The van der Waals surface area contributed by atoms with Crippen molar-refractivity contribution < 1.29 is 39.4 Å². The Labute approximate surface area is 429 Å². The van der Waals surface area contributed by atoms with E-state index in [0.717, 1.165) is 80.5 Å². The number of aryl methyl sites for hydroxylation is 1. The molecule has 73 heavy (non-hydrogen) atoms. The van der Waals surface area contributed by atoms with Gasteiger partial charge in [0.25, 0.3) is 0 Å². The first-order chi connectivity index (χ1) is 35.4. The summed E-state index contributed by atoms with van der Waals surface area (Å²) in [4.78, 5) is 3.40. The molecule has 1 aromatic heterocycles. The average molecular weight is 992 g/mol. The minimum atomic E-state index is -1.02. The number of aromatic hydroxyl groups is 2. The zero-order valence-electron chi connectivity index (χ0n) is 42.9. The van der Waals surface area contributed by atoms with Gasteiger partial charge < -0.3 is 60.3 Å². The molecule has 2 aliphatic heterocycles. The van der Waals surface area contributed by atoms with Gasteiger partial charge >= 0.3 is 0 Å². The Morgan fingerprint density at radius 1 is 0.904 bits per heavy atom. The Kier molecular flexibility index (Phi) is 14.9. The molecule has 3 heterocycles. The van der Waals surface area contributed by atoms with Gasteiger partial charge in [0.2, 0.25) is 0 Å². The van der Waals surface area contributed by atoms with Gasteiger partial charge in [0, 0.05) is 72.6 Å². The number of aliphatic hydroxyl groups is 2. The van der Waals surface area contributed by atoms with E-state index in [-0.39, 0.29) is 36.7 Å². The van der Waals surface area contributed by atoms with Gasteiger partial charge in [-0.15, -0.1) is 0 Å². The molecule has 4 aliphatic rings. The minimum Gasteiger partial charge on any atom is -0.507 e. The van der Waals surface area contributed by atoms with Crippen LogP contribution < -0.4 is 35.5 Å². The Morgan fingerprint density at radius 3 is 2.52 bits per heavy atom. The summed E-state index contributed by atoms with van der Waals surface area (Å²) in [6, 6.07) is 28.7. The number of fused-ring (bicyclic) bond motifs is 8. The molecule has 0 bridgehead atoms. The number of phenols is 2. The van der Waals surface area contributed by atoms with Crippen molar-refractivity contribution in [1.29, 1.82) is 0 Å². The van der Waals surface area contributed by atoms with Crippen molar-refractivity contribution in [3.63, 3.8) is 0 Å². The summed E-state index contributed by atoms with van der Waals surface area (Å²) < 4.78 is 27.3. The molecule has 6 atom stereocenters. The molecule has 13 nitrogen and oxygen atoms in total. The SMILES string of the molecule is CNCO[C@]1(CNCNC[C@@](C)(O)CC(C)C)Cc2c3c(c4c(c2O[C@@H]1c1ccc(O)c(OC)c1)CC[C@H](CO)O4)-c1ccc(O)c2c1[C@H](C3)[C@@H](c1ccc3[nH]ccc3c1)C(CNCCCc1ccccc1)=C2. The zero-order valence-corrected chi connectivity index (χ0v) is 42.9. The van der Waals surface area contributed by atoms with Crippen LogP contribution in [0.15, 0.2) is 96.7 Å². The Balaban J connectivity index is 1.11. The van der Waals surface area contributed by atoms with Crippen LogP contribution in [-0.2, 0) is 30.4 Å². The van der Waals surface area contributed by atoms with Gasteiger partial charge in [-0.3, -0.25) is 5.32 Å². The van der Waals surface area contributed by atoms with Crippen LogP contribution in [0.1, 0.15) is 102 Å². The molecule has 386 valence electrons. The van der Waals surface area contributed by atoms with E-state index < -0.39 is 23.4 Å². The molecule has 0 saturated heterocycles. The molecule has 0 fully saturated rings. The van der Waals surface area contributed by atoms with E-state index in [9.17, 15) is 20.4 Å². The maximum absolute atomic E-state index is 11.9. The van der Waals surface area contributed by atoms with Gasteiger partial charge in [0.05, 0.1) is 26.0 Å². The molecular formula is C60H73N5O8. The molecule has 0 spiro atoms. The first-order valence-electron chi connectivity index (χ1n) is 26.2. The summed E-state index contributed by atoms with van der Waals surface area (Å²) in [6.45, 7) is 8.85. The van der Waals surface area contributed by atoms with Crippen LogP contribution >= 0.6 is 0 Å². The number of hydrogen-bond acceptors (Lipinski definition) is 12. The van der Waals surface area contributed by atoms with E-state index in [4.69, 9.17) is 18.9 Å². The third-order valence-electron chi connectivity index (χ3n) is 15.5. The summed E-state index contributed by atoms with van der Waals surface area (Å²) in [5, 5.41) is 60.0. The van der Waals surface area contributed by atoms with Crippen molar-refractivity contribution in [3.05, 3.63) is 141 Å². The molecule has 5 aromatic carbocycles. The molecule has 0 radical (unpaired) electrons. The monoisotopic (exact) mass is 992 g/mol. The zero-order chi connectivity index (χ0) is 50.9. The lowest BCUT2D eigenvalue weighted by molar-refractivity contribution is -0.129. The second kappa shape index (κ2) is 21.5. The fourth-order valence-electron chi connectivity index (χ4n) is 12.5. The third kappa shape index (κ3) is 10.2. The smallest absolute Gasteiger partial charge is 0.160 e. The highest BCUT2D eigenvalue weighted by Crippen LogP contribution is 2.61. The molecule has 10 rings (SSSR count). The number of aromatic nitrogens is 1. The number of aromatic amines is 1. The predicted molar refractivity (Wildman–Crippen MR) is 287 cm³/mol. The van der Waals surface area contributed by atoms with Gasteiger partial charge in [0.15, 0.2) is 17.6 Å². The summed E-state index contributed by atoms with van der Waals surface area (Å²) in [5.41, 5.74) is 10.7. The normalized spacial score (nSPS) is 21.6. The van der Waals surface area contributed by atoms with Crippen molar-refractivity contribution in [2.75, 3.05) is 60.3 Å². The quantitative estimate of drug-likeness (QED) is 0.0248. The molecular weight excluding hydrogens is 919 g/mol. The number of hydrogen-bond donors (Lipinski definition) is 9. The average Bonchev–Trinajstić information content (AvgIpc) is 3.87. The van der Waals surface area contributed by atoms with Gasteiger partial charge in [-0.05, 0) is 158 Å². The standard InChI is InChI=1S/C60H73N5O8/c1-36(2)28-59(3,69)32-63-34-64-33-60(71-35-61-4)29-48-45-27-47-53(39-13-18-49-38(24-39)21-23-65-49)41(30-62-22-9-12-37-10-7-6-8-11-37)25-46-50(67)20-17-43(54(46)47)55(45)57-44(16-15-42(31-66)72-57)56(48)73-58(60)40-14-19-51(68)52(26-40)70-5/h6-8,10-11,13-14,17-21,23-26,36,42,47,53,58,61-69H,9,12,15-16,22,27-35H2,1-5H3/t42-,47-,53+,58-,59+,60+/m1/s1. The van der Waals surface area contributed by atoms with Crippen LogP contribution in [0.2, 0.25) is 0 Å². The van der Waals surface area contributed by atoms with Crippen LogP contribution in [0.5, 0.6) is 28.7 Å². The lowest BCUT2D eigenvalue weighted by Gasteiger charge is -2.48. The molecule has 0 unspecified atom stereocenters. The minimum absolute atomic E-state index is 0.0208. The molecule has 2 aliphatic carbocycles. The lowest BCUT2D eigenvalue weighted by Crippen LogP contribution is -2.56. The van der Waals surface area contributed by atoms with E-state index in [1.54, 1.807) is 13.2 Å². The highest BCUT2D eigenvalue weighted by Gasteiger charge is 2.51. The first-order valence-corrected chi connectivity index (χ1v) is 26.2. The van der Waals surface area contributed by atoms with Crippen molar-refractivity contribution in [3.8, 4) is 39.9 Å². The van der Waals surface area contributed by atoms with E-state index in [1.165, 1.54) is 16.7 Å². The fourth-order valence-corrected chi connectivity index (χ4v) is 12.5. The Hall–Kier alpha value is -5.90. The second-order valence-electron chi connectivity index (χ2n) is 21.4. The summed E-state index contributed by atoms with van der Waals surface area (Å²) in [7, 11) is 3.41. The van der Waals surface area contributed by atoms with Crippen LogP contribution in [-0.4, -0.2) is 103 Å². The Bertz CT molecular complexity index is 2950. The molecule has 13 heteroatoms. The summed E-state index contributed by atoms with van der Waals surface area (Å²) in [6.07, 6.45) is 8.06. The lowest BCUT2D eigenvalue weighted by atomic mass is 9.62. The number of methoxy groups -OCH3 is 1. The number of aliphatic hydroxyl groups excluding tert-OH is 1. The summed E-state index contributed by atoms with van der Waals surface area (Å²) in [5.74, 6) is 2.27. The van der Waals surface area contributed by atoms with E-state index in [2.05, 4.69) is 107 Å². The van der Waals surface area contributed by atoms with Crippen molar-refractivity contribution in [2.24, 2.45) is 5.92 Å².